The molecular weight excluding hydrogens is 410 g/mol. The number of benzene rings is 1. The Morgan fingerprint density at radius 1 is 1.00 bits per heavy atom. The van der Waals surface area contributed by atoms with Crippen molar-refractivity contribution >= 4 is 36.0 Å². The topological polar surface area (TPSA) is 119 Å². The Kier molecular flexibility index (Phi) is 8.80. The molecule has 3 rings (SSSR count). The number of fused-ring (bicyclic) bond motifs is 1. The van der Waals surface area contributed by atoms with Gasteiger partial charge in [-0.2, -0.15) is 0 Å². The van der Waals surface area contributed by atoms with Gasteiger partial charge in [-0.15, -0.1) is 12.4 Å². The molecule has 1 unspecified atom stereocenters. The summed E-state index contributed by atoms with van der Waals surface area (Å²) in [6.07, 6.45) is 6.54. The lowest BCUT2D eigenvalue weighted by Crippen LogP contribution is -2.54. The number of halogens is 1. The van der Waals surface area contributed by atoms with Gasteiger partial charge in [0.05, 0.1) is 17.7 Å². The fourth-order valence-corrected chi connectivity index (χ4v) is 3.74. The summed E-state index contributed by atoms with van der Waals surface area (Å²) >= 11 is 0. The summed E-state index contributed by atoms with van der Waals surface area (Å²) in [6, 6.07) is 3.92. The Morgan fingerprint density at radius 2 is 1.70 bits per heavy atom. The van der Waals surface area contributed by atoms with Crippen LogP contribution in [0.4, 0.5) is 0 Å². The van der Waals surface area contributed by atoms with Crippen LogP contribution in [0.1, 0.15) is 72.1 Å². The van der Waals surface area contributed by atoms with E-state index in [1.54, 1.807) is 18.2 Å². The molecule has 0 aromatic heterocycles. The summed E-state index contributed by atoms with van der Waals surface area (Å²) in [5.41, 5.74) is 5.91. The van der Waals surface area contributed by atoms with Crippen molar-refractivity contribution in [1.82, 2.24) is 10.2 Å². The summed E-state index contributed by atoms with van der Waals surface area (Å²) in [4.78, 5) is 50.2. The van der Waals surface area contributed by atoms with Crippen LogP contribution in [0.25, 0.3) is 0 Å². The lowest BCUT2D eigenvalue weighted by Gasteiger charge is -2.27. The van der Waals surface area contributed by atoms with Crippen molar-refractivity contribution in [1.29, 1.82) is 0 Å². The maximum atomic E-state index is 12.9. The van der Waals surface area contributed by atoms with Crippen molar-refractivity contribution in [3.8, 4) is 5.75 Å². The molecule has 9 heteroatoms. The number of hydrogen-bond acceptors (Lipinski definition) is 6. The molecule has 164 valence electrons. The monoisotopic (exact) mass is 437 g/mol. The number of rotatable bonds is 10. The second kappa shape index (κ2) is 11.1. The molecule has 1 aromatic rings. The van der Waals surface area contributed by atoms with E-state index in [1.807, 2.05) is 0 Å². The van der Waals surface area contributed by atoms with Crippen LogP contribution in [0, 0.1) is 0 Å². The maximum Gasteiger partial charge on any atom is 0.266 e. The van der Waals surface area contributed by atoms with Crippen molar-refractivity contribution in [2.75, 3.05) is 13.2 Å². The number of hydrogen-bond donors (Lipinski definition) is 2. The molecule has 0 spiro atoms. The third-order valence-electron chi connectivity index (χ3n) is 5.29. The van der Waals surface area contributed by atoms with Crippen LogP contribution >= 0.6 is 12.4 Å². The van der Waals surface area contributed by atoms with Crippen LogP contribution in [-0.4, -0.2) is 47.7 Å². The van der Waals surface area contributed by atoms with Crippen LogP contribution < -0.4 is 15.8 Å². The molecule has 0 bridgehead atoms. The van der Waals surface area contributed by atoms with Crippen molar-refractivity contribution in [3.05, 3.63) is 29.3 Å². The average Bonchev–Trinajstić information content (AvgIpc) is 2.95. The molecule has 2 heterocycles. The van der Waals surface area contributed by atoms with Crippen LogP contribution in [0.2, 0.25) is 0 Å². The Morgan fingerprint density at radius 3 is 2.40 bits per heavy atom. The van der Waals surface area contributed by atoms with Gasteiger partial charge >= 0.3 is 0 Å². The number of nitrogens with one attached hydrogen (secondary N) is 1. The van der Waals surface area contributed by atoms with E-state index < -0.39 is 29.7 Å². The number of unbranched alkanes of at least 4 members (excludes halogenated alkanes) is 5. The average molecular weight is 438 g/mol. The third-order valence-corrected chi connectivity index (χ3v) is 5.29. The molecule has 1 aromatic carbocycles. The summed E-state index contributed by atoms with van der Waals surface area (Å²) < 4.78 is 5.80. The summed E-state index contributed by atoms with van der Waals surface area (Å²) in [6.45, 7) is 1.18. The fraction of sp³-hybridized carbons (Fsp3) is 0.524. The minimum atomic E-state index is -0.971. The number of amides is 4. The lowest BCUT2D eigenvalue weighted by molar-refractivity contribution is -0.136. The summed E-state index contributed by atoms with van der Waals surface area (Å²) in [5.74, 6) is -1.72. The Hall–Kier alpha value is -2.45. The molecule has 2 aliphatic rings. The minimum Gasteiger partial charge on any atom is -0.493 e. The van der Waals surface area contributed by atoms with E-state index in [2.05, 4.69) is 5.32 Å². The van der Waals surface area contributed by atoms with Crippen LogP contribution in [0.5, 0.6) is 5.75 Å². The molecular formula is C21H28ClN3O5. The van der Waals surface area contributed by atoms with Crippen molar-refractivity contribution in [2.45, 2.75) is 57.4 Å². The van der Waals surface area contributed by atoms with Crippen molar-refractivity contribution < 1.29 is 23.9 Å². The van der Waals surface area contributed by atoms with Gasteiger partial charge in [0.25, 0.3) is 11.8 Å². The number of carbonyl (C=O) groups excluding carboxylic acids is 4. The normalized spacial score (nSPS) is 18.2. The molecule has 1 saturated heterocycles. The standard InChI is InChI=1S/C21H27N3O5.ClH/c22-12-5-3-1-2-4-6-13-29-16-9-7-8-14-18(16)21(28)24(20(14)27)15-10-11-17(25)23-19(15)26;/h7-9,15H,1-6,10-13,22H2,(H,23,25,26);1H. The number of carbonyl (C=O) groups is 4. The first-order chi connectivity index (χ1) is 14.0. The van der Waals surface area contributed by atoms with E-state index in [9.17, 15) is 19.2 Å². The molecule has 0 radical (unpaired) electrons. The highest BCUT2D eigenvalue weighted by atomic mass is 35.5. The number of imide groups is 2. The SMILES string of the molecule is Cl.NCCCCCCCCOc1cccc2c1C(=O)N(C1CCC(=O)NC1=O)C2=O. The number of nitrogens with zero attached hydrogens (tertiary/aromatic N) is 1. The Labute approximate surface area is 181 Å². The zero-order valence-electron chi connectivity index (χ0n) is 16.9. The lowest BCUT2D eigenvalue weighted by atomic mass is 10.0. The molecule has 30 heavy (non-hydrogen) atoms. The van der Waals surface area contributed by atoms with E-state index in [0.29, 0.717) is 12.4 Å². The smallest absolute Gasteiger partial charge is 0.266 e. The summed E-state index contributed by atoms with van der Waals surface area (Å²) in [5, 5.41) is 2.19. The van der Waals surface area contributed by atoms with Gasteiger partial charge in [-0.05, 0) is 37.9 Å². The van der Waals surface area contributed by atoms with E-state index >= 15 is 0 Å². The summed E-state index contributed by atoms with van der Waals surface area (Å²) in [7, 11) is 0. The van der Waals surface area contributed by atoms with E-state index in [-0.39, 0.29) is 36.4 Å². The van der Waals surface area contributed by atoms with Gasteiger partial charge in [-0.25, -0.2) is 0 Å². The predicted molar refractivity (Wildman–Crippen MR) is 113 cm³/mol. The molecule has 0 aliphatic carbocycles. The van der Waals surface area contributed by atoms with Gasteiger partial charge in [-0.1, -0.05) is 31.7 Å². The van der Waals surface area contributed by atoms with Gasteiger partial charge in [-0.3, -0.25) is 29.4 Å². The molecule has 0 saturated carbocycles. The molecule has 4 amide bonds. The zero-order chi connectivity index (χ0) is 20.8. The van der Waals surface area contributed by atoms with Gasteiger partial charge in [0.2, 0.25) is 11.8 Å². The highest BCUT2D eigenvalue weighted by molar-refractivity contribution is 6.24. The van der Waals surface area contributed by atoms with E-state index in [4.69, 9.17) is 10.5 Å². The maximum absolute atomic E-state index is 12.9. The predicted octanol–water partition coefficient (Wildman–Crippen LogP) is 2.19. The van der Waals surface area contributed by atoms with E-state index in [1.165, 1.54) is 0 Å². The van der Waals surface area contributed by atoms with Crippen LogP contribution in [-0.2, 0) is 9.59 Å². The number of piperidine rings is 1. The molecule has 1 fully saturated rings. The number of nitrogens with two attached hydrogens (primary N) is 1. The van der Waals surface area contributed by atoms with Crippen LogP contribution in [0.3, 0.4) is 0 Å². The van der Waals surface area contributed by atoms with Gasteiger partial charge < -0.3 is 10.5 Å². The molecule has 2 aliphatic heterocycles. The van der Waals surface area contributed by atoms with Gasteiger partial charge in [0.15, 0.2) is 0 Å². The first kappa shape index (κ1) is 23.8. The highest BCUT2D eigenvalue weighted by Crippen LogP contribution is 2.33. The minimum absolute atomic E-state index is 0. The largest absolute Gasteiger partial charge is 0.493 e. The quantitative estimate of drug-likeness (QED) is 0.427. The number of ether oxygens (including phenoxy) is 1. The second-order valence-corrected chi connectivity index (χ2v) is 7.38. The molecule has 8 nitrogen and oxygen atoms in total. The highest BCUT2D eigenvalue weighted by Gasteiger charge is 2.45. The molecule has 3 N–H and O–H groups in total. The Bertz CT molecular complexity index is 814. The Balaban J connectivity index is 0.00000320. The van der Waals surface area contributed by atoms with Crippen LogP contribution in [0.15, 0.2) is 18.2 Å². The van der Waals surface area contributed by atoms with Gasteiger partial charge in [0.1, 0.15) is 11.8 Å². The fourth-order valence-electron chi connectivity index (χ4n) is 3.74. The molecule has 1 atom stereocenters. The first-order valence-electron chi connectivity index (χ1n) is 10.2. The second-order valence-electron chi connectivity index (χ2n) is 7.38. The zero-order valence-corrected chi connectivity index (χ0v) is 17.7. The van der Waals surface area contributed by atoms with Gasteiger partial charge in [0, 0.05) is 6.42 Å². The third kappa shape index (κ3) is 5.17. The first-order valence-corrected chi connectivity index (χ1v) is 10.2. The van der Waals surface area contributed by atoms with Crippen molar-refractivity contribution in [3.63, 3.8) is 0 Å². The van der Waals surface area contributed by atoms with Crippen molar-refractivity contribution in [2.24, 2.45) is 5.73 Å². The van der Waals surface area contributed by atoms with E-state index in [0.717, 1.165) is 50.0 Å².